The van der Waals surface area contributed by atoms with Gasteiger partial charge in [-0.3, -0.25) is 14.5 Å². The quantitative estimate of drug-likeness (QED) is 0.468. The van der Waals surface area contributed by atoms with Crippen molar-refractivity contribution in [2.24, 2.45) is 0 Å². The number of amides is 2. The molecular weight excluding hydrogens is 402 g/mol. The minimum absolute atomic E-state index is 0.238. The van der Waals surface area contributed by atoms with Gasteiger partial charge in [0.1, 0.15) is 5.70 Å². The standard InChI is InChI=1S/C26H33N3O3/c1-20(2)22-11-9-21(10-12-22)19-24(28-25(30)23-7-4-3-5-8-23)26(31)27-13-6-14-29-15-17-32-18-16-29/h3-5,7-12,19-20H,6,13-18H2,1-2H3,(H,27,31)(H,28,30). The minimum atomic E-state index is -0.306. The molecule has 2 N–H and O–H groups in total. The Labute approximate surface area is 190 Å². The van der Waals surface area contributed by atoms with Crippen molar-refractivity contribution in [2.75, 3.05) is 39.4 Å². The Kier molecular flexibility index (Phi) is 9.01. The molecule has 0 spiro atoms. The van der Waals surface area contributed by atoms with Crippen molar-refractivity contribution in [1.29, 1.82) is 0 Å². The van der Waals surface area contributed by atoms with Gasteiger partial charge in [0.2, 0.25) is 0 Å². The zero-order chi connectivity index (χ0) is 22.8. The van der Waals surface area contributed by atoms with Crippen molar-refractivity contribution in [3.05, 3.63) is 77.0 Å². The molecule has 3 rings (SSSR count). The van der Waals surface area contributed by atoms with Crippen molar-refractivity contribution in [1.82, 2.24) is 15.5 Å². The number of nitrogens with one attached hydrogen (secondary N) is 2. The molecule has 0 unspecified atom stereocenters. The van der Waals surface area contributed by atoms with Gasteiger partial charge < -0.3 is 15.4 Å². The number of morpholine rings is 1. The number of nitrogens with zero attached hydrogens (tertiary/aromatic N) is 1. The summed E-state index contributed by atoms with van der Waals surface area (Å²) in [4.78, 5) is 27.9. The van der Waals surface area contributed by atoms with Gasteiger partial charge in [-0.05, 0) is 48.2 Å². The van der Waals surface area contributed by atoms with Gasteiger partial charge in [0.15, 0.2) is 0 Å². The SMILES string of the molecule is CC(C)c1ccc(C=C(NC(=O)c2ccccc2)C(=O)NCCCN2CCOCC2)cc1. The van der Waals surface area contributed by atoms with Gasteiger partial charge in [-0.2, -0.15) is 0 Å². The maximum Gasteiger partial charge on any atom is 0.267 e. The van der Waals surface area contributed by atoms with Crippen LogP contribution in [0.15, 0.2) is 60.3 Å². The Morgan fingerprint density at radius 1 is 1.03 bits per heavy atom. The predicted octanol–water partition coefficient (Wildman–Crippen LogP) is 3.42. The van der Waals surface area contributed by atoms with Gasteiger partial charge in [0.25, 0.3) is 11.8 Å². The Bertz CT molecular complexity index is 902. The van der Waals surface area contributed by atoms with Crippen LogP contribution in [0.1, 0.15) is 47.7 Å². The Morgan fingerprint density at radius 2 is 1.72 bits per heavy atom. The summed E-state index contributed by atoms with van der Waals surface area (Å²) in [7, 11) is 0. The van der Waals surface area contributed by atoms with Crippen molar-refractivity contribution >= 4 is 17.9 Å². The summed E-state index contributed by atoms with van der Waals surface area (Å²) in [6, 6.07) is 16.9. The van der Waals surface area contributed by atoms with Crippen LogP contribution in [0.25, 0.3) is 6.08 Å². The molecule has 2 aromatic rings. The molecule has 32 heavy (non-hydrogen) atoms. The lowest BCUT2D eigenvalue weighted by molar-refractivity contribution is -0.117. The average molecular weight is 436 g/mol. The summed E-state index contributed by atoms with van der Waals surface area (Å²) in [5.41, 5.74) is 2.84. The summed E-state index contributed by atoms with van der Waals surface area (Å²) in [5.74, 6) is -0.164. The summed E-state index contributed by atoms with van der Waals surface area (Å²) < 4.78 is 5.37. The molecule has 0 radical (unpaired) electrons. The molecule has 0 atom stereocenters. The minimum Gasteiger partial charge on any atom is -0.379 e. The maximum absolute atomic E-state index is 12.9. The second-order valence-corrected chi connectivity index (χ2v) is 8.26. The van der Waals surface area contributed by atoms with Crippen LogP contribution < -0.4 is 10.6 Å². The van der Waals surface area contributed by atoms with Crippen LogP contribution in [0.5, 0.6) is 0 Å². The second kappa shape index (κ2) is 12.2. The van der Waals surface area contributed by atoms with E-state index in [1.807, 2.05) is 30.3 Å². The highest BCUT2D eigenvalue weighted by Gasteiger charge is 2.15. The smallest absolute Gasteiger partial charge is 0.267 e. The van der Waals surface area contributed by atoms with Crippen molar-refractivity contribution in [3.63, 3.8) is 0 Å². The molecule has 1 heterocycles. The number of benzene rings is 2. The van der Waals surface area contributed by atoms with Gasteiger partial charge in [0, 0.05) is 25.2 Å². The first kappa shape index (κ1) is 23.7. The molecule has 1 aliphatic rings. The summed E-state index contributed by atoms with van der Waals surface area (Å²) in [6.45, 7) is 9.12. The van der Waals surface area contributed by atoms with Gasteiger partial charge >= 0.3 is 0 Å². The van der Waals surface area contributed by atoms with Gasteiger partial charge in [-0.25, -0.2) is 0 Å². The Hall–Kier alpha value is -2.96. The van der Waals surface area contributed by atoms with Crippen LogP contribution in [-0.4, -0.2) is 56.1 Å². The molecule has 1 aliphatic heterocycles. The molecule has 0 bridgehead atoms. The number of ether oxygens (including phenoxy) is 1. The van der Waals surface area contributed by atoms with Crippen LogP contribution in [0, 0.1) is 0 Å². The molecular formula is C26H33N3O3. The van der Waals surface area contributed by atoms with Gasteiger partial charge in [-0.15, -0.1) is 0 Å². The average Bonchev–Trinajstić information content (AvgIpc) is 2.82. The summed E-state index contributed by atoms with van der Waals surface area (Å²) in [6.07, 6.45) is 2.57. The van der Waals surface area contributed by atoms with Crippen molar-refractivity contribution in [3.8, 4) is 0 Å². The molecule has 1 saturated heterocycles. The monoisotopic (exact) mass is 435 g/mol. The van der Waals surface area contributed by atoms with E-state index in [9.17, 15) is 9.59 Å². The number of carbonyl (C=O) groups excluding carboxylic acids is 2. The van der Waals surface area contributed by atoms with Crippen LogP contribution >= 0.6 is 0 Å². The lowest BCUT2D eigenvalue weighted by atomic mass is 10.0. The first-order valence-corrected chi connectivity index (χ1v) is 11.3. The van der Waals surface area contributed by atoms with E-state index < -0.39 is 0 Å². The number of carbonyl (C=O) groups is 2. The van der Waals surface area contributed by atoms with Crippen molar-refractivity contribution < 1.29 is 14.3 Å². The van der Waals surface area contributed by atoms with E-state index in [1.54, 1.807) is 30.3 Å². The lowest BCUT2D eigenvalue weighted by Gasteiger charge is -2.26. The molecule has 170 valence electrons. The second-order valence-electron chi connectivity index (χ2n) is 8.26. The third kappa shape index (κ3) is 7.32. The highest BCUT2D eigenvalue weighted by atomic mass is 16.5. The van der Waals surface area contributed by atoms with Gasteiger partial charge in [0.05, 0.1) is 13.2 Å². The number of hydrogen-bond donors (Lipinski definition) is 2. The fourth-order valence-corrected chi connectivity index (χ4v) is 3.51. The first-order valence-electron chi connectivity index (χ1n) is 11.3. The normalized spacial score (nSPS) is 14.9. The fraction of sp³-hybridized carbons (Fsp3) is 0.385. The van der Waals surface area contributed by atoms with E-state index >= 15 is 0 Å². The van der Waals surface area contributed by atoms with Crippen molar-refractivity contribution in [2.45, 2.75) is 26.2 Å². The molecule has 2 amide bonds. The maximum atomic E-state index is 12.9. The van der Waals surface area contributed by atoms with E-state index in [-0.39, 0.29) is 17.5 Å². The van der Waals surface area contributed by atoms with Crippen LogP contribution in [-0.2, 0) is 9.53 Å². The largest absolute Gasteiger partial charge is 0.379 e. The zero-order valence-corrected chi connectivity index (χ0v) is 19.0. The molecule has 0 saturated carbocycles. The molecule has 6 heteroatoms. The van der Waals surface area contributed by atoms with E-state index in [0.717, 1.165) is 44.8 Å². The number of hydrogen-bond acceptors (Lipinski definition) is 4. The third-order valence-corrected chi connectivity index (χ3v) is 5.48. The molecule has 1 fully saturated rings. The molecule has 0 aromatic heterocycles. The first-order chi connectivity index (χ1) is 15.5. The van der Waals surface area contributed by atoms with Crippen LogP contribution in [0.3, 0.4) is 0 Å². The zero-order valence-electron chi connectivity index (χ0n) is 19.0. The highest BCUT2D eigenvalue weighted by Crippen LogP contribution is 2.16. The number of rotatable bonds is 9. The Balaban J connectivity index is 1.66. The topological polar surface area (TPSA) is 70.7 Å². The molecule has 6 nitrogen and oxygen atoms in total. The van der Waals surface area contributed by atoms with E-state index in [4.69, 9.17) is 4.74 Å². The molecule has 2 aromatic carbocycles. The summed E-state index contributed by atoms with van der Waals surface area (Å²) in [5, 5.41) is 5.74. The highest BCUT2D eigenvalue weighted by molar-refractivity contribution is 6.05. The fourth-order valence-electron chi connectivity index (χ4n) is 3.51. The van der Waals surface area contributed by atoms with Crippen LogP contribution in [0.2, 0.25) is 0 Å². The third-order valence-electron chi connectivity index (χ3n) is 5.48. The lowest BCUT2D eigenvalue weighted by Crippen LogP contribution is -2.39. The van der Waals surface area contributed by atoms with E-state index in [0.29, 0.717) is 18.0 Å². The Morgan fingerprint density at radius 3 is 2.38 bits per heavy atom. The van der Waals surface area contributed by atoms with Gasteiger partial charge in [-0.1, -0.05) is 56.3 Å². The van der Waals surface area contributed by atoms with Crippen LogP contribution in [0.4, 0.5) is 0 Å². The molecule has 0 aliphatic carbocycles. The predicted molar refractivity (Wildman–Crippen MR) is 127 cm³/mol. The summed E-state index contributed by atoms with van der Waals surface area (Å²) >= 11 is 0. The van der Waals surface area contributed by atoms with E-state index in [2.05, 4.69) is 29.4 Å². The van der Waals surface area contributed by atoms with E-state index in [1.165, 1.54) is 5.56 Å².